The summed E-state index contributed by atoms with van der Waals surface area (Å²) in [7, 11) is 0. The zero-order chi connectivity index (χ0) is 11.5. The van der Waals surface area contributed by atoms with Gasteiger partial charge in [-0.2, -0.15) is 0 Å². The van der Waals surface area contributed by atoms with Gasteiger partial charge in [-0.3, -0.25) is 4.79 Å². The molecule has 2 aliphatic carbocycles. The average molecular weight is 223 g/mol. The second-order valence-electron chi connectivity index (χ2n) is 5.77. The van der Waals surface area contributed by atoms with E-state index >= 15 is 0 Å². The SMILES string of the molecule is CCC[C@@H]1CCCC[C@@H]1NC(=O)[C@H]1C[C@H]1C. The van der Waals surface area contributed by atoms with Crippen molar-refractivity contribution in [1.82, 2.24) is 5.32 Å². The minimum atomic E-state index is 0.334. The number of carbonyl (C=O) groups excluding carboxylic acids is 1. The quantitative estimate of drug-likeness (QED) is 0.779. The zero-order valence-corrected chi connectivity index (χ0v) is 10.7. The lowest BCUT2D eigenvalue weighted by Crippen LogP contribution is -2.42. The molecule has 0 aromatic rings. The van der Waals surface area contributed by atoms with Crippen molar-refractivity contribution in [2.75, 3.05) is 0 Å². The molecule has 1 N–H and O–H groups in total. The summed E-state index contributed by atoms with van der Waals surface area (Å²) in [6.07, 6.45) is 8.82. The number of nitrogens with one attached hydrogen (secondary N) is 1. The predicted octanol–water partition coefficient (Wildman–Crippen LogP) is 3.12. The summed E-state index contributed by atoms with van der Waals surface area (Å²) in [6, 6.07) is 0.481. The van der Waals surface area contributed by atoms with E-state index in [1.807, 2.05) is 0 Å². The number of rotatable bonds is 4. The van der Waals surface area contributed by atoms with Gasteiger partial charge in [0.05, 0.1) is 0 Å². The zero-order valence-electron chi connectivity index (χ0n) is 10.7. The molecule has 0 unspecified atom stereocenters. The number of carbonyl (C=O) groups is 1. The average Bonchev–Trinajstić information content (AvgIpc) is 2.99. The second kappa shape index (κ2) is 5.20. The van der Waals surface area contributed by atoms with Crippen LogP contribution in [0.2, 0.25) is 0 Å². The van der Waals surface area contributed by atoms with E-state index in [1.165, 1.54) is 38.5 Å². The van der Waals surface area contributed by atoms with Gasteiger partial charge in [-0.05, 0) is 37.5 Å². The summed E-state index contributed by atoms with van der Waals surface area (Å²) >= 11 is 0. The molecule has 0 aromatic carbocycles. The molecule has 2 aliphatic rings. The molecule has 0 radical (unpaired) electrons. The Morgan fingerprint density at radius 1 is 1.31 bits per heavy atom. The normalized spacial score (nSPS) is 38.1. The Balaban J connectivity index is 1.83. The van der Waals surface area contributed by atoms with Crippen molar-refractivity contribution < 1.29 is 4.79 Å². The van der Waals surface area contributed by atoms with Crippen LogP contribution >= 0.6 is 0 Å². The largest absolute Gasteiger partial charge is 0.353 e. The molecule has 0 heterocycles. The highest BCUT2D eigenvalue weighted by atomic mass is 16.2. The maximum absolute atomic E-state index is 11.9. The third-order valence-electron chi connectivity index (χ3n) is 4.34. The standard InChI is InChI=1S/C14H25NO/c1-3-6-11-7-4-5-8-13(11)15-14(16)12-9-10(12)2/h10-13H,3-9H2,1-2H3,(H,15,16)/t10-,11-,12+,13+/m1/s1. The van der Waals surface area contributed by atoms with E-state index < -0.39 is 0 Å². The predicted molar refractivity (Wildman–Crippen MR) is 66.1 cm³/mol. The lowest BCUT2D eigenvalue weighted by molar-refractivity contribution is -0.123. The van der Waals surface area contributed by atoms with Crippen molar-refractivity contribution in [2.24, 2.45) is 17.8 Å². The topological polar surface area (TPSA) is 29.1 Å². The Labute approximate surface area is 99.2 Å². The van der Waals surface area contributed by atoms with Crippen LogP contribution < -0.4 is 5.32 Å². The maximum Gasteiger partial charge on any atom is 0.223 e. The molecule has 0 bridgehead atoms. The van der Waals surface area contributed by atoms with Crippen LogP contribution in [0.4, 0.5) is 0 Å². The van der Waals surface area contributed by atoms with Gasteiger partial charge in [-0.1, -0.05) is 33.1 Å². The summed E-state index contributed by atoms with van der Waals surface area (Å²) in [5.74, 6) is 2.05. The molecule has 2 saturated carbocycles. The lowest BCUT2D eigenvalue weighted by atomic mass is 9.82. The first kappa shape index (κ1) is 11.9. The van der Waals surface area contributed by atoms with Crippen molar-refractivity contribution in [2.45, 2.75) is 64.8 Å². The molecule has 2 nitrogen and oxygen atoms in total. The summed E-state index contributed by atoms with van der Waals surface area (Å²) in [4.78, 5) is 11.9. The smallest absolute Gasteiger partial charge is 0.223 e. The van der Waals surface area contributed by atoms with Gasteiger partial charge in [-0.15, -0.1) is 0 Å². The second-order valence-corrected chi connectivity index (χ2v) is 5.77. The van der Waals surface area contributed by atoms with E-state index in [9.17, 15) is 4.79 Å². The molecule has 0 saturated heterocycles. The number of amides is 1. The number of hydrogen-bond acceptors (Lipinski definition) is 1. The van der Waals surface area contributed by atoms with Crippen LogP contribution in [0.15, 0.2) is 0 Å². The van der Waals surface area contributed by atoms with E-state index in [0.717, 1.165) is 12.3 Å². The van der Waals surface area contributed by atoms with Crippen molar-refractivity contribution in [3.63, 3.8) is 0 Å². The van der Waals surface area contributed by atoms with Crippen LogP contribution in [0.25, 0.3) is 0 Å². The Kier molecular flexibility index (Phi) is 3.88. The highest BCUT2D eigenvalue weighted by Crippen LogP contribution is 2.38. The Bertz CT molecular complexity index is 249. The molecule has 16 heavy (non-hydrogen) atoms. The highest BCUT2D eigenvalue weighted by Gasteiger charge is 2.40. The van der Waals surface area contributed by atoms with E-state index in [0.29, 0.717) is 23.8 Å². The van der Waals surface area contributed by atoms with Crippen LogP contribution in [0.3, 0.4) is 0 Å². The first-order chi connectivity index (χ1) is 7.72. The summed E-state index contributed by atoms with van der Waals surface area (Å²) in [5.41, 5.74) is 0. The first-order valence-corrected chi connectivity index (χ1v) is 7.02. The molecule has 0 aromatic heterocycles. The summed E-state index contributed by atoms with van der Waals surface area (Å²) in [6.45, 7) is 4.42. The summed E-state index contributed by atoms with van der Waals surface area (Å²) < 4.78 is 0. The molecular formula is C14H25NO. The van der Waals surface area contributed by atoms with E-state index in [4.69, 9.17) is 0 Å². The van der Waals surface area contributed by atoms with Gasteiger partial charge in [0.1, 0.15) is 0 Å². The molecule has 0 spiro atoms. The minimum Gasteiger partial charge on any atom is -0.353 e. The van der Waals surface area contributed by atoms with Gasteiger partial charge in [0.2, 0.25) is 5.91 Å². The fraction of sp³-hybridized carbons (Fsp3) is 0.929. The molecule has 2 rings (SSSR count). The Morgan fingerprint density at radius 2 is 2.00 bits per heavy atom. The third kappa shape index (κ3) is 2.78. The monoisotopic (exact) mass is 223 g/mol. The van der Waals surface area contributed by atoms with E-state index in [1.54, 1.807) is 0 Å². The maximum atomic E-state index is 11.9. The fourth-order valence-corrected chi connectivity index (χ4v) is 3.09. The molecule has 4 atom stereocenters. The molecule has 2 fully saturated rings. The van der Waals surface area contributed by atoms with Gasteiger partial charge in [-0.25, -0.2) is 0 Å². The molecule has 1 amide bonds. The molecular weight excluding hydrogens is 198 g/mol. The van der Waals surface area contributed by atoms with Crippen molar-refractivity contribution in [1.29, 1.82) is 0 Å². The minimum absolute atomic E-state index is 0.334. The Hall–Kier alpha value is -0.530. The van der Waals surface area contributed by atoms with Crippen molar-refractivity contribution in [3.05, 3.63) is 0 Å². The van der Waals surface area contributed by atoms with Crippen molar-refractivity contribution in [3.8, 4) is 0 Å². The van der Waals surface area contributed by atoms with Gasteiger partial charge in [0.25, 0.3) is 0 Å². The first-order valence-electron chi connectivity index (χ1n) is 7.02. The summed E-state index contributed by atoms with van der Waals surface area (Å²) in [5, 5.41) is 3.31. The molecule has 92 valence electrons. The lowest BCUT2D eigenvalue weighted by Gasteiger charge is -2.32. The Morgan fingerprint density at radius 3 is 2.62 bits per heavy atom. The van der Waals surface area contributed by atoms with E-state index in [2.05, 4.69) is 19.2 Å². The van der Waals surface area contributed by atoms with Crippen LogP contribution in [0.5, 0.6) is 0 Å². The van der Waals surface area contributed by atoms with Crippen LogP contribution in [0.1, 0.15) is 58.8 Å². The van der Waals surface area contributed by atoms with Crippen molar-refractivity contribution >= 4 is 5.91 Å². The van der Waals surface area contributed by atoms with Gasteiger partial charge < -0.3 is 5.32 Å². The molecule has 2 heteroatoms. The van der Waals surface area contributed by atoms with Gasteiger partial charge >= 0.3 is 0 Å². The van der Waals surface area contributed by atoms with Crippen LogP contribution in [-0.2, 0) is 4.79 Å². The van der Waals surface area contributed by atoms with Crippen LogP contribution in [0, 0.1) is 17.8 Å². The molecule has 0 aliphatic heterocycles. The fourth-order valence-electron chi connectivity index (χ4n) is 3.09. The highest BCUT2D eigenvalue weighted by molar-refractivity contribution is 5.81. The number of hydrogen-bond donors (Lipinski definition) is 1. The third-order valence-corrected chi connectivity index (χ3v) is 4.34. The van der Waals surface area contributed by atoms with Gasteiger partial charge in [0, 0.05) is 12.0 Å². The van der Waals surface area contributed by atoms with E-state index in [-0.39, 0.29) is 0 Å². The van der Waals surface area contributed by atoms with Crippen LogP contribution in [-0.4, -0.2) is 11.9 Å². The van der Waals surface area contributed by atoms with Gasteiger partial charge in [0.15, 0.2) is 0 Å².